The Kier molecular flexibility index (Phi) is 6.50. The van der Waals surface area contributed by atoms with Crippen LogP contribution in [0.5, 0.6) is 0 Å². The Morgan fingerprint density at radius 2 is 1.82 bits per heavy atom. The van der Waals surface area contributed by atoms with E-state index in [1.165, 1.54) is 38.6 Å². The number of nitrogens with two attached hydrogens (primary N) is 1. The second-order valence-corrected chi connectivity index (χ2v) is 6.62. The van der Waals surface area contributed by atoms with Crippen LogP contribution in [0.2, 0.25) is 0 Å². The maximum absolute atomic E-state index is 5.59. The summed E-state index contributed by atoms with van der Waals surface area (Å²) >= 11 is 0. The number of rotatable bonds is 8. The monoisotopic (exact) mass is 240 g/mol. The van der Waals surface area contributed by atoms with E-state index in [1.807, 2.05) is 0 Å². The smallest absolute Gasteiger partial charge is 0.000802 e. The molecule has 0 bridgehead atoms. The summed E-state index contributed by atoms with van der Waals surface area (Å²) < 4.78 is 0. The maximum atomic E-state index is 5.59. The molecule has 0 amide bonds. The van der Waals surface area contributed by atoms with Gasteiger partial charge in [0.2, 0.25) is 0 Å². The molecular weight excluding hydrogens is 208 g/mol. The van der Waals surface area contributed by atoms with Crippen molar-refractivity contribution < 1.29 is 0 Å². The van der Waals surface area contributed by atoms with Crippen LogP contribution in [0.3, 0.4) is 0 Å². The molecule has 0 aliphatic heterocycles. The highest BCUT2D eigenvalue weighted by Crippen LogP contribution is 2.42. The lowest BCUT2D eigenvalue weighted by Crippen LogP contribution is -2.35. The molecule has 1 aliphatic carbocycles. The summed E-state index contributed by atoms with van der Waals surface area (Å²) in [5.74, 6) is 1.55. The molecule has 1 aliphatic rings. The summed E-state index contributed by atoms with van der Waals surface area (Å²) in [4.78, 5) is 0. The average Bonchev–Trinajstić information content (AvgIpc) is 2.66. The van der Waals surface area contributed by atoms with Crippen LogP contribution in [-0.2, 0) is 0 Å². The second-order valence-electron chi connectivity index (χ2n) is 6.62. The fraction of sp³-hybridized carbons (Fsp3) is 1.00. The molecule has 0 aromatic heterocycles. The first-order valence-corrected chi connectivity index (χ1v) is 7.49. The van der Waals surface area contributed by atoms with Crippen molar-refractivity contribution in [1.82, 2.24) is 5.32 Å². The maximum Gasteiger partial charge on any atom is 0.000802 e. The molecule has 0 aromatic rings. The SMILES string of the molecule is CC(C)CC1(CNCC(C)CCN)CCCC1. The van der Waals surface area contributed by atoms with E-state index in [4.69, 9.17) is 5.73 Å². The van der Waals surface area contributed by atoms with E-state index in [2.05, 4.69) is 26.1 Å². The molecule has 2 nitrogen and oxygen atoms in total. The van der Waals surface area contributed by atoms with Crippen molar-refractivity contribution in [2.75, 3.05) is 19.6 Å². The van der Waals surface area contributed by atoms with E-state index in [0.717, 1.165) is 31.3 Å². The summed E-state index contributed by atoms with van der Waals surface area (Å²) in [6.07, 6.45) is 8.28. The Labute approximate surface area is 108 Å². The minimum Gasteiger partial charge on any atom is -0.330 e. The Morgan fingerprint density at radius 1 is 1.18 bits per heavy atom. The molecule has 2 heteroatoms. The zero-order valence-corrected chi connectivity index (χ0v) is 12.1. The molecule has 3 N–H and O–H groups in total. The van der Waals surface area contributed by atoms with Crippen LogP contribution in [0.15, 0.2) is 0 Å². The summed E-state index contributed by atoms with van der Waals surface area (Å²) in [5.41, 5.74) is 6.20. The van der Waals surface area contributed by atoms with Crippen molar-refractivity contribution in [3.63, 3.8) is 0 Å². The van der Waals surface area contributed by atoms with Gasteiger partial charge < -0.3 is 11.1 Å². The molecule has 0 heterocycles. The first kappa shape index (κ1) is 15.0. The second kappa shape index (κ2) is 7.38. The van der Waals surface area contributed by atoms with Gasteiger partial charge in [0.1, 0.15) is 0 Å². The number of hydrogen-bond acceptors (Lipinski definition) is 2. The van der Waals surface area contributed by atoms with E-state index in [1.54, 1.807) is 0 Å². The van der Waals surface area contributed by atoms with Crippen molar-refractivity contribution in [2.45, 2.75) is 59.3 Å². The topological polar surface area (TPSA) is 38.0 Å². The predicted molar refractivity (Wildman–Crippen MR) is 76.1 cm³/mol. The number of hydrogen-bond donors (Lipinski definition) is 2. The molecule has 0 radical (unpaired) electrons. The van der Waals surface area contributed by atoms with E-state index in [-0.39, 0.29) is 0 Å². The zero-order valence-electron chi connectivity index (χ0n) is 12.1. The Morgan fingerprint density at radius 3 is 2.35 bits per heavy atom. The van der Waals surface area contributed by atoms with Crippen LogP contribution in [0.25, 0.3) is 0 Å². The summed E-state index contributed by atoms with van der Waals surface area (Å²) in [7, 11) is 0. The van der Waals surface area contributed by atoms with Gasteiger partial charge >= 0.3 is 0 Å². The molecule has 1 rings (SSSR count). The Hall–Kier alpha value is -0.0800. The van der Waals surface area contributed by atoms with Gasteiger partial charge in [-0.1, -0.05) is 33.6 Å². The van der Waals surface area contributed by atoms with E-state index in [9.17, 15) is 0 Å². The predicted octanol–water partition coefficient (Wildman–Crippen LogP) is 3.17. The highest BCUT2D eigenvalue weighted by atomic mass is 14.9. The molecule has 102 valence electrons. The lowest BCUT2D eigenvalue weighted by molar-refractivity contribution is 0.220. The Balaban J connectivity index is 2.30. The van der Waals surface area contributed by atoms with Crippen molar-refractivity contribution in [3.05, 3.63) is 0 Å². The fourth-order valence-electron chi connectivity index (χ4n) is 3.41. The first-order valence-electron chi connectivity index (χ1n) is 7.49. The van der Waals surface area contributed by atoms with Crippen molar-refractivity contribution in [1.29, 1.82) is 0 Å². The van der Waals surface area contributed by atoms with Gasteiger partial charge in [0.25, 0.3) is 0 Å². The third-order valence-electron chi connectivity index (χ3n) is 4.16. The molecule has 1 atom stereocenters. The molecule has 0 aromatic carbocycles. The quantitative estimate of drug-likeness (QED) is 0.684. The minimum atomic E-state index is 0.608. The third kappa shape index (κ3) is 5.39. The van der Waals surface area contributed by atoms with Gasteiger partial charge in [-0.2, -0.15) is 0 Å². The van der Waals surface area contributed by atoms with Gasteiger partial charge in [-0.25, -0.2) is 0 Å². The lowest BCUT2D eigenvalue weighted by atomic mass is 9.78. The van der Waals surface area contributed by atoms with Crippen LogP contribution in [0.1, 0.15) is 59.3 Å². The lowest BCUT2D eigenvalue weighted by Gasteiger charge is -2.32. The largest absolute Gasteiger partial charge is 0.330 e. The van der Waals surface area contributed by atoms with Crippen LogP contribution in [0, 0.1) is 17.3 Å². The third-order valence-corrected chi connectivity index (χ3v) is 4.16. The normalized spacial score (nSPS) is 21.0. The molecule has 0 spiro atoms. The molecule has 1 saturated carbocycles. The van der Waals surface area contributed by atoms with Crippen molar-refractivity contribution >= 4 is 0 Å². The van der Waals surface area contributed by atoms with Gasteiger partial charge in [0, 0.05) is 6.54 Å². The van der Waals surface area contributed by atoms with Gasteiger partial charge in [0.15, 0.2) is 0 Å². The van der Waals surface area contributed by atoms with Crippen molar-refractivity contribution in [2.24, 2.45) is 23.0 Å². The average molecular weight is 240 g/mol. The van der Waals surface area contributed by atoms with Crippen molar-refractivity contribution in [3.8, 4) is 0 Å². The van der Waals surface area contributed by atoms with Gasteiger partial charge in [-0.3, -0.25) is 0 Å². The van der Waals surface area contributed by atoms with E-state index >= 15 is 0 Å². The fourth-order valence-corrected chi connectivity index (χ4v) is 3.41. The van der Waals surface area contributed by atoms with Crippen LogP contribution in [-0.4, -0.2) is 19.6 Å². The Bertz CT molecular complexity index is 195. The zero-order chi connectivity index (χ0) is 12.7. The van der Waals surface area contributed by atoms with E-state index in [0.29, 0.717) is 5.41 Å². The van der Waals surface area contributed by atoms with Crippen LogP contribution >= 0.6 is 0 Å². The van der Waals surface area contributed by atoms with Gasteiger partial charge in [-0.15, -0.1) is 0 Å². The highest BCUT2D eigenvalue weighted by Gasteiger charge is 2.33. The summed E-state index contributed by atoms with van der Waals surface area (Å²) in [6, 6.07) is 0. The summed E-state index contributed by atoms with van der Waals surface area (Å²) in [5, 5.41) is 3.70. The van der Waals surface area contributed by atoms with Gasteiger partial charge in [0.05, 0.1) is 0 Å². The van der Waals surface area contributed by atoms with Gasteiger partial charge in [-0.05, 0) is 56.0 Å². The highest BCUT2D eigenvalue weighted by molar-refractivity contribution is 4.87. The summed E-state index contributed by atoms with van der Waals surface area (Å²) in [6.45, 7) is 10.2. The number of nitrogens with one attached hydrogen (secondary N) is 1. The minimum absolute atomic E-state index is 0.608. The molecule has 1 fully saturated rings. The first-order chi connectivity index (χ1) is 8.08. The molecule has 0 saturated heterocycles. The molecular formula is C15H32N2. The standard InChI is InChI=1S/C15H32N2/c1-13(2)10-15(7-4-5-8-15)12-17-11-14(3)6-9-16/h13-14,17H,4-12,16H2,1-3H3. The van der Waals surface area contributed by atoms with E-state index < -0.39 is 0 Å². The molecule has 17 heavy (non-hydrogen) atoms. The van der Waals surface area contributed by atoms with Crippen LogP contribution in [0.4, 0.5) is 0 Å². The molecule has 1 unspecified atom stereocenters. The van der Waals surface area contributed by atoms with Crippen LogP contribution < -0.4 is 11.1 Å².